The molecule has 0 spiro atoms. The zero-order valence-electron chi connectivity index (χ0n) is 12.6. The summed E-state index contributed by atoms with van der Waals surface area (Å²) in [6.07, 6.45) is 0. The Morgan fingerprint density at radius 2 is 1.39 bits per heavy atom. The van der Waals surface area contributed by atoms with Gasteiger partial charge in [0, 0.05) is 42.1 Å². The first-order chi connectivity index (χ1) is 10.9. The monoisotopic (exact) mass is 310 g/mol. The zero-order chi connectivity index (χ0) is 16.6. The van der Waals surface area contributed by atoms with Gasteiger partial charge < -0.3 is 15.1 Å². The summed E-state index contributed by atoms with van der Waals surface area (Å²) in [5.41, 5.74) is 0.981. The second kappa shape index (κ2) is 5.57. The van der Waals surface area contributed by atoms with Crippen molar-refractivity contribution in [2.24, 2.45) is 0 Å². The van der Waals surface area contributed by atoms with Gasteiger partial charge in [0.15, 0.2) is 0 Å². The van der Waals surface area contributed by atoms with Crippen LogP contribution in [0.2, 0.25) is 0 Å². The number of amides is 2. The van der Waals surface area contributed by atoms with Crippen LogP contribution < -0.4 is 16.3 Å². The van der Waals surface area contributed by atoms with E-state index in [9.17, 15) is 14.4 Å². The first-order valence-electron chi connectivity index (χ1n) is 7.00. The third kappa shape index (κ3) is 2.91. The summed E-state index contributed by atoms with van der Waals surface area (Å²) in [7, 11) is 0. The average molecular weight is 310 g/mol. The third-order valence-corrected chi connectivity index (χ3v) is 3.35. The molecule has 0 aliphatic heterocycles. The first kappa shape index (κ1) is 14.8. The van der Waals surface area contributed by atoms with Gasteiger partial charge in [-0.1, -0.05) is 6.07 Å². The van der Waals surface area contributed by atoms with E-state index in [0.717, 1.165) is 10.8 Å². The molecule has 2 N–H and O–H groups in total. The van der Waals surface area contributed by atoms with Crippen LogP contribution in [0.5, 0.6) is 0 Å². The summed E-state index contributed by atoms with van der Waals surface area (Å²) in [5.74, 6) is -0.415. The lowest BCUT2D eigenvalue weighted by atomic mass is 10.1. The van der Waals surface area contributed by atoms with Crippen molar-refractivity contribution in [2.45, 2.75) is 13.8 Å². The van der Waals surface area contributed by atoms with Gasteiger partial charge >= 0.3 is 5.63 Å². The van der Waals surface area contributed by atoms with Gasteiger partial charge in [0.05, 0.1) is 5.39 Å². The summed E-state index contributed by atoms with van der Waals surface area (Å²) in [4.78, 5) is 34.4. The summed E-state index contributed by atoms with van der Waals surface area (Å²) in [6.45, 7) is 2.81. The number of fused-ring (bicyclic) bond motifs is 3. The lowest BCUT2D eigenvalue weighted by molar-refractivity contribution is -0.115. The normalized spacial score (nSPS) is 10.7. The topological polar surface area (TPSA) is 88.4 Å². The van der Waals surface area contributed by atoms with Crippen LogP contribution in [0.4, 0.5) is 11.4 Å². The van der Waals surface area contributed by atoms with Crippen LogP contribution in [0.3, 0.4) is 0 Å². The molecule has 2 aromatic carbocycles. The molecule has 6 nitrogen and oxygen atoms in total. The molecule has 3 rings (SSSR count). The van der Waals surface area contributed by atoms with Gasteiger partial charge in [0.2, 0.25) is 11.8 Å². The van der Waals surface area contributed by atoms with Gasteiger partial charge in [-0.05, 0) is 24.3 Å². The summed E-state index contributed by atoms with van der Waals surface area (Å²) in [6, 6.07) is 10.2. The highest BCUT2D eigenvalue weighted by Crippen LogP contribution is 2.27. The molecule has 0 unspecified atom stereocenters. The largest absolute Gasteiger partial charge is 0.422 e. The first-order valence-corrected chi connectivity index (χ1v) is 7.00. The van der Waals surface area contributed by atoms with Crippen molar-refractivity contribution in [3.05, 3.63) is 46.8 Å². The van der Waals surface area contributed by atoms with Gasteiger partial charge in [0.25, 0.3) is 0 Å². The Hall–Kier alpha value is -3.15. The molecule has 0 aliphatic carbocycles. The Bertz CT molecular complexity index is 1000. The molecule has 0 saturated heterocycles. The molecule has 0 saturated carbocycles. The lowest BCUT2D eigenvalue weighted by Gasteiger charge is -2.07. The fourth-order valence-corrected chi connectivity index (χ4v) is 2.49. The van der Waals surface area contributed by atoms with Crippen LogP contribution >= 0.6 is 0 Å². The van der Waals surface area contributed by atoms with Gasteiger partial charge in [-0.2, -0.15) is 0 Å². The number of nitrogens with one attached hydrogen (secondary N) is 2. The molecule has 116 valence electrons. The number of hydrogen-bond acceptors (Lipinski definition) is 4. The van der Waals surface area contributed by atoms with Gasteiger partial charge in [-0.25, -0.2) is 4.79 Å². The molecule has 3 aromatic rings. The quantitative estimate of drug-likeness (QED) is 0.562. The van der Waals surface area contributed by atoms with Crippen LogP contribution in [0.15, 0.2) is 45.6 Å². The van der Waals surface area contributed by atoms with E-state index in [1.807, 2.05) is 0 Å². The second-order valence-corrected chi connectivity index (χ2v) is 5.22. The van der Waals surface area contributed by atoms with Crippen LogP contribution in [0, 0.1) is 0 Å². The summed E-state index contributed by atoms with van der Waals surface area (Å²) < 4.78 is 5.34. The molecule has 2 amide bonds. The summed E-state index contributed by atoms with van der Waals surface area (Å²) in [5, 5.41) is 7.14. The van der Waals surface area contributed by atoms with E-state index < -0.39 is 5.63 Å². The minimum atomic E-state index is -0.500. The van der Waals surface area contributed by atoms with Gasteiger partial charge in [0.1, 0.15) is 5.58 Å². The highest BCUT2D eigenvalue weighted by Gasteiger charge is 2.10. The third-order valence-electron chi connectivity index (χ3n) is 3.35. The molecular formula is C17H14N2O4. The molecule has 1 aromatic heterocycles. The van der Waals surface area contributed by atoms with E-state index in [1.165, 1.54) is 13.8 Å². The van der Waals surface area contributed by atoms with Gasteiger partial charge in [-0.3, -0.25) is 9.59 Å². The Balaban J connectivity index is 2.21. The molecule has 0 radical (unpaired) electrons. The Labute approximate surface area is 131 Å². The van der Waals surface area contributed by atoms with Crippen molar-refractivity contribution in [3.63, 3.8) is 0 Å². The Kier molecular flexibility index (Phi) is 3.57. The standard InChI is InChI=1S/C17H14N2O4/c1-9(20)18-11-3-5-13-14-6-4-12(19-10(2)21)8-16(14)23-17(22)15(13)7-11/h3-8H,1-2H3,(H,18,20)(H,19,21). The molecule has 1 heterocycles. The van der Waals surface area contributed by atoms with Crippen LogP contribution in [-0.4, -0.2) is 11.8 Å². The maximum absolute atomic E-state index is 12.2. The van der Waals surface area contributed by atoms with Crippen molar-refractivity contribution < 1.29 is 14.0 Å². The van der Waals surface area contributed by atoms with Crippen molar-refractivity contribution in [2.75, 3.05) is 10.6 Å². The Morgan fingerprint density at radius 3 is 2.00 bits per heavy atom. The van der Waals surface area contributed by atoms with Crippen molar-refractivity contribution >= 4 is 44.9 Å². The molecular weight excluding hydrogens is 296 g/mol. The van der Waals surface area contributed by atoms with Crippen LogP contribution in [0.1, 0.15) is 13.8 Å². The molecule has 0 atom stereocenters. The molecule has 6 heteroatoms. The number of rotatable bonds is 2. The van der Waals surface area contributed by atoms with E-state index in [1.54, 1.807) is 36.4 Å². The van der Waals surface area contributed by atoms with Crippen LogP contribution in [0.25, 0.3) is 21.7 Å². The zero-order valence-corrected chi connectivity index (χ0v) is 12.6. The predicted molar refractivity (Wildman–Crippen MR) is 88.6 cm³/mol. The number of anilines is 2. The highest BCUT2D eigenvalue weighted by molar-refractivity contribution is 6.07. The van der Waals surface area contributed by atoms with E-state index >= 15 is 0 Å². The fourth-order valence-electron chi connectivity index (χ4n) is 2.49. The van der Waals surface area contributed by atoms with E-state index in [0.29, 0.717) is 22.3 Å². The predicted octanol–water partition coefficient (Wildman–Crippen LogP) is 2.86. The van der Waals surface area contributed by atoms with Crippen LogP contribution in [-0.2, 0) is 9.59 Å². The number of carbonyl (C=O) groups excluding carboxylic acids is 2. The minimum absolute atomic E-state index is 0.201. The molecule has 23 heavy (non-hydrogen) atoms. The molecule has 0 bridgehead atoms. The van der Waals surface area contributed by atoms with E-state index in [-0.39, 0.29) is 11.8 Å². The summed E-state index contributed by atoms with van der Waals surface area (Å²) >= 11 is 0. The maximum atomic E-state index is 12.2. The SMILES string of the molecule is CC(=O)Nc1ccc2c(c1)oc(=O)c1cc(NC(C)=O)ccc12. The maximum Gasteiger partial charge on any atom is 0.344 e. The average Bonchev–Trinajstić information content (AvgIpc) is 2.46. The number of carbonyl (C=O) groups is 2. The number of hydrogen-bond donors (Lipinski definition) is 2. The molecule has 0 aliphatic rings. The minimum Gasteiger partial charge on any atom is -0.422 e. The second-order valence-electron chi connectivity index (χ2n) is 5.22. The van der Waals surface area contributed by atoms with Crippen molar-refractivity contribution in [1.29, 1.82) is 0 Å². The van der Waals surface area contributed by atoms with E-state index in [2.05, 4.69) is 10.6 Å². The van der Waals surface area contributed by atoms with E-state index in [4.69, 9.17) is 4.42 Å². The molecule has 0 fully saturated rings. The Morgan fingerprint density at radius 1 is 0.826 bits per heavy atom. The highest BCUT2D eigenvalue weighted by atomic mass is 16.4. The lowest BCUT2D eigenvalue weighted by Crippen LogP contribution is -2.07. The smallest absolute Gasteiger partial charge is 0.344 e. The van der Waals surface area contributed by atoms with Gasteiger partial charge in [-0.15, -0.1) is 0 Å². The fraction of sp³-hybridized carbons (Fsp3) is 0.118. The number of benzene rings is 2. The van der Waals surface area contributed by atoms with Crippen molar-refractivity contribution in [3.8, 4) is 0 Å². The van der Waals surface area contributed by atoms with Crippen molar-refractivity contribution in [1.82, 2.24) is 0 Å².